The number of amides is 1. The minimum atomic E-state index is -0.445. The van der Waals surface area contributed by atoms with Crippen molar-refractivity contribution in [1.29, 1.82) is 0 Å². The summed E-state index contributed by atoms with van der Waals surface area (Å²) in [5.74, 6) is -0.177. The van der Waals surface area contributed by atoms with Gasteiger partial charge in [-0.1, -0.05) is 41.1 Å². The lowest BCUT2D eigenvalue weighted by Crippen LogP contribution is -2.38. The number of benzene rings is 2. The second kappa shape index (κ2) is 12.1. The summed E-state index contributed by atoms with van der Waals surface area (Å²) >= 11 is 4.96. The molecular weight excluding hydrogens is 516 g/mol. The van der Waals surface area contributed by atoms with Gasteiger partial charge in [0.2, 0.25) is 0 Å². The van der Waals surface area contributed by atoms with E-state index in [0.717, 1.165) is 39.9 Å². The van der Waals surface area contributed by atoms with Crippen molar-refractivity contribution in [2.24, 2.45) is 0 Å². The van der Waals surface area contributed by atoms with Gasteiger partial charge < -0.3 is 4.90 Å². The predicted octanol–water partition coefficient (Wildman–Crippen LogP) is 5.78. The lowest BCUT2D eigenvalue weighted by molar-refractivity contribution is -0.384. The molecule has 0 radical (unpaired) electrons. The van der Waals surface area contributed by atoms with Crippen molar-refractivity contribution in [1.82, 2.24) is 9.88 Å². The zero-order valence-electron chi connectivity index (χ0n) is 17.7. The van der Waals surface area contributed by atoms with Gasteiger partial charge in [-0.15, -0.1) is 12.4 Å². The quantitative estimate of drug-likeness (QED) is 0.196. The minimum absolute atomic E-state index is 0. The third kappa shape index (κ3) is 6.59. The first-order valence-corrected chi connectivity index (χ1v) is 11.5. The van der Waals surface area contributed by atoms with Crippen LogP contribution in [0.25, 0.3) is 16.3 Å². The highest BCUT2D eigenvalue weighted by molar-refractivity contribution is 9.10. The first kappa shape index (κ1) is 25.9. The molecule has 0 spiro atoms. The maximum Gasteiger partial charge on any atom is 0.269 e. The van der Waals surface area contributed by atoms with Crippen molar-refractivity contribution in [3.63, 3.8) is 0 Å². The van der Waals surface area contributed by atoms with Crippen molar-refractivity contribution in [2.45, 2.75) is 13.8 Å². The van der Waals surface area contributed by atoms with Crippen molar-refractivity contribution < 1.29 is 9.72 Å². The Morgan fingerprint density at radius 2 is 1.84 bits per heavy atom. The molecule has 0 saturated heterocycles. The van der Waals surface area contributed by atoms with E-state index in [1.807, 2.05) is 18.2 Å². The van der Waals surface area contributed by atoms with E-state index < -0.39 is 4.92 Å². The first-order valence-electron chi connectivity index (χ1n) is 9.93. The molecule has 32 heavy (non-hydrogen) atoms. The Bertz CT molecular complexity index is 1100. The molecule has 0 unspecified atom stereocenters. The monoisotopic (exact) mass is 538 g/mol. The average Bonchev–Trinajstić information content (AvgIpc) is 3.18. The third-order valence-corrected chi connectivity index (χ3v) is 6.43. The molecule has 3 aromatic rings. The van der Waals surface area contributed by atoms with Gasteiger partial charge in [-0.3, -0.25) is 19.8 Å². The van der Waals surface area contributed by atoms with Crippen molar-refractivity contribution in [2.75, 3.05) is 31.1 Å². The summed E-state index contributed by atoms with van der Waals surface area (Å²) < 4.78 is 1.97. The van der Waals surface area contributed by atoms with E-state index in [1.165, 1.54) is 29.5 Å². The van der Waals surface area contributed by atoms with Gasteiger partial charge in [-0.2, -0.15) is 0 Å². The van der Waals surface area contributed by atoms with Gasteiger partial charge in [-0.25, -0.2) is 4.98 Å². The number of carbonyl (C=O) groups excluding carboxylic acids is 1. The van der Waals surface area contributed by atoms with Crippen molar-refractivity contribution in [3.05, 3.63) is 68.7 Å². The van der Waals surface area contributed by atoms with Gasteiger partial charge >= 0.3 is 0 Å². The fourth-order valence-electron chi connectivity index (χ4n) is 3.05. The van der Waals surface area contributed by atoms with Gasteiger partial charge in [0.15, 0.2) is 5.13 Å². The normalized spacial score (nSPS) is 11.1. The lowest BCUT2D eigenvalue weighted by Gasteiger charge is -2.23. The van der Waals surface area contributed by atoms with Crippen LogP contribution in [-0.4, -0.2) is 46.9 Å². The first-order chi connectivity index (χ1) is 14.9. The number of aromatic nitrogens is 1. The van der Waals surface area contributed by atoms with Gasteiger partial charge in [0.05, 0.1) is 15.1 Å². The van der Waals surface area contributed by atoms with Gasteiger partial charge in [0.1, 0.15) is 0 Å². The van der Waals surface area contributed by atoms with E-state index in [-0.39, 0.29) is 24.0 Å². The number of nitrogens with zero attached hydrogens (tertiary/aromatic N) is 4. The molecule has 0 aliphatic heterocycles. The second-order valence-corrected chi connectivity index (χ2v) is 8.73. The van der Waals surface area contributed by atoms with E-state index >= 15 is 0 Å². The Kier molecular flexibility index (Phi) is 9.77. The molecule has 0 saturated carbocycles. The predicted molar refractivity (Wildman–Crippen MR) is 137 cm³/mol. The number of carbonyl (C=O) groups is 1. The molecule has 3 rings (SSSR count). The highest BCUT2D eigenvalue weighted by atomic mass is 79.9. The van der Waals surface area contributed by atoms with Crippen LogP contribution in [0.4, 0.5) is 10.8 Å². The molecular formula is C22H24BrClN4O3S. The third-order valence-electron chi connectivity index (χ3n) is 4.89. The molecule has 0 aliphatic rings. The standard InChI is InChI=1S/C22H23BrN4O3S.ClH/c1-3-25(4-2)13-14-26(22-24-19-11-8-17(23)15-20(19)31-22)21(28)12-7-16-5-9-18(10-6-16)27(29)30;/h5-12,15H,3-4,13-14H2,1-2H3;1H. The van der Waals surface area contributed by atoms with Gasteiger partial charge in [0.25, 0.3) is 11.6 Å². The highest BCUT2D eigenvalue weighted by Gasteiger charge is 2.19. The van der Waals surface area contributed by atoms with Crippen LogP contribution in [0.3, 0.4) is 0 Å². The number of likely N-dealkylation sites (N-methyl/N-ethyl adjacent to an activating group) is 1. The maximum absolute atomic E-state index is 13.1. The van der Waals surface area contributed by atoms with E-state index in [4.69, 9.17) is 0 Å². The fourth-order valence-corrected chi connectivity index (χ4v) is 4.60. The number of thiazole rings is 1. The molecule has 1 amide bonds. The molecule has 0 N–H and O–H groups in total. The number of nitro benzene ring substituents is 1. The summed E-state index contributed by atoms with van der Waals surface area (Å²) in [5.41, 5.74) is 1.59. The molecule has 1 heterocycles. The van der Waals surface area contributed by atoms with Crippen LogP contribution in [0, 0.1) is 10.1 Å². The smallest absolute Gasteiger partial charge is 0.269 e. The van der Waals surface area contributed by atoms with Gasteiger partial charge in [0, 0.05) is 35.8 Å². The van der Waals surface area contributed by atoms with Gasteiger partial charge in [-0.05, 0) is 55.1 Å². The molecule has 2 aromatic carbocycles. The summed E-state index contributed by atoms with van der Waals surface area (Å²) in [6.45, 7) is 7.27. The number of anilines is 1. The Hall–Kier alpha value is -2.33. The van der Waals surface area contributed by atoms with E-state index in [0.29, 0.717) is 11.7 Å². The highest BCUT2D eigenvalue weighted by Crippen LogP contribution is 2.31. The molecule has 0 fully saturated rings. The fraction of sp³-hybridized carbons (Fsp3) is 0.273. The molecule has 0 atom stereocenters. The SMILES string of the molecule is CCN(CC)CCN(C(=O)C=Cc1ccc([N+](=O)[O-])cc1)c1nc2ccc(Br)cc2s1.Cl. The number of non-ortho nitro benzene ring substituents is 1. The topological polar surface area (TPSA) is 79.6 Å². The average molecular weight is 540 g/mol. The van der Waals surface area contributed by atoms with Crippen LogP contribution in [0.5, 0.6) is 0 Å². The zero-order chi connectivity index (χ0) is 22.4. The summed E-state index contributed by atoms with van der Waals surface area (Å²) in [6, 6.07) is 12.0. The summed E-state index contributed by atoms with van der Waals surface area (Å²) in [4.78, 5) is 32.1. The Labute approximate surface area is 205 Å². The van der Waals surface area contributed by atoms with Crippen LogP contribution in [-0.2, 0) is 4.79 Å². The van der Waals surface area contributed by atoms with Crippen LogP contribution in [0.15, 0.2) is 53.0 Å². The number of hydrogen-bond acceptors (Lipinski definition) is 6. The van der Waals surface area contributed by atoms with Crippen molar-refractivity contribution >= 4 is 72.7 Å². The molecule has 1 aromatic heterocycles. The summed E-state index contributed by atoms with van der Waals surface area (Å²) in [7, 11) is 0. The molecule has 7 nitrogen and oxygen atoms in total. The number of hydrogen-bond donors (Lipinski definition) is 0. The second-order valence-electron chi connectivity index (χ2n) is 6.81. The molecule has 0 aliphatic carbocycles. The lowest BCUT2D eigenvalue weighted by atomic mass is 10.2. The number of halogens is 2. The maximum atomic E-state index is 13.1. The zero-order valence-corrected chi connectivity index (χ0v) is 21.0. The summed E-state index contributed by atoms with van der Waals surface area (Å²) in [6.07, 6.45) is 3.16. The Morgan fingerprint density at radius 1 is 1.16 bits per heavy atom. The van der Waals surface area contributed by atoms with Crippen LogP contribution in [0.1, 0.15) is 19.4 Å². The molecule has 10 heteroatoms. The molecule has 0 bridgehead atoms. The van der Waals surface area contributed by atoms with E-state index in [9.17, 15) is 14.9 Å². The Morgan fingerprint density at radius 3 is 2.47 bits per heavy atom. The van der Waals surface area contributed by atoms with Crippen molar-refractivity contribution in [3.8, 4) is 0 Å². The Balaban J connectivity index is 0.00000363. The van der Waals surface area contributed by atoms with Crippen LogP contribution in [0.2, 0.25) is 0 Å². The molecule has 170 valence electrons. The number of fused-ring (bicyclic) bond motifs is 1. The van der Waals surface area contributed by atoms with E-state index in [1.54, 1.807) is 23.1 Å². The number of rotatable bonds is 9. The summed E-state index contributed by atoms with van der Waals surface area (Å²) in [5, 5.41) is 11.5. The van der Waals surface area contributed by atoms with Crippen LogP contribution >= 0.6 is 39.7 Å². The van der Waals surface area contributed by atoms with Crippen LogP contribution < -0.4 is 4.90 Å². The largest absolute Gasteiger partial charge is 0.302 e. The van der Waals surface area contributed by atoms with E-state index in [2.05, 4.69) is 39.7 Å². The minimum Gasteiger partial charge on any atom is -0.302 e. The number of nitro groups is 1.